The third-order valence-corrected chi connectivity index (χ3v) is 10.3. The van der Waals surface area contributed by atoms with Crippen molar-refractivity contribution in [2.45, 2.75) is 0 Å². The van der Waals surface area contributed by atoms with Crippen molar-refractivity contribution < 1.29 is 0 Å². The molecule has 1 aliphatic carbocycles. The molecule has 1 aliphatic rings. The Morgan fingerprint density at radius 2 is 0.712 bits per heavy atom. The molecular formula is C50H32N2. The minimum atomic E-state index is 0.708. The highest BCUT2D eigenvalue weighted by Gasteiger charge is 2.22. The second kappa shape index (κ2) is 12.5. The van der Waals surface area contributed by atoms with E-state index >= 15 is 0 Å². The highest BCUT2D eigenvalue weighted by molar-refractivity contribution is 6.18. The maximum atomic E-state index is 5.18. The molecule has 0 saturated heterocycles. The SMILES string of the molecule is c1ccc(-c2ccc(-c3cc(-c4ccccc4-c4ccc(-c5ccc6c7c(cccc57)-c5ccccc5-6)cc4)nc(-c4ccccc4)n3)cc2)cc1. The van der Waals surface area contributed by atoms with E-state index in [0.29, 0.717) is 5.82 Å². The molecule has 1 aromatic heterocycles. The van der Waals surface area contributed by atoms with Gasteiger partial charge in [-0.3, -0.25) is 0 Å². The Morgan fingerprint density at radius 1 is 0.250 bits per heavy atom. The normalized spacial score (nSPS) is 11.5. The molecule has 1 heterocycles. The van der Waals surface area contributed by atoms with E-state index in [4.69, 9.17) is 9.97 Å². The van der Waals surface area contributed by atoms with Crippen molar-refractivity contribution in [3.63, 3.8) is 0 Å². The summed E-state index contributed by atoms with van der Waals surface area (Å²) in [7, 11) is 0. The number of aromatic nitrogens is 2. The number of rotatable bonds is 6. The van der Waals surface area contributed by atoms with Gasteiger partial charge in [0, 0.05) is 16.7 Å². The topological polar surface area (TPSA) is 25.8 Å². The third kappa shape index (κ3) is 5.12. The first-order valence-electron chi connectivity index (χ1n) is 17.7. The summed E-state index contributed by atoms with van der Waals surface area (Å²) in [5.41, 5.74) is 17.3. The molecule has 0 N–H and O–H groups in total. The average molecular weight is 661 g/mol. The number of fused-ring (bicyclic) bond motifs is 3. The number of nitrogens with zero attached hydrogens (tertiary/aromatic N) is 2. The van der Waals surface area contributed by atoms with Gasteiger partial charge in [-0.05, 0) is 72.5 Å². The summed E-state index contributed by atoms with van der Waals surface area (Å²) in [6.07, 6.45) is 0. The van der Waals surface area contributed by atoms with Gasteiger partial charge >= 0.3 is 0 Å². The molecule has 0 radical (unpaired) electrons. The van der Waals surface area contributed by atoms with Crippen molar-refractivity contribution in [2.75, 3.05) is 0 Å². The summed E-state index contributed by atoms with van der Waals surface area (Å²) in [5.74, 6) is 0.708. The molecule has 0 aliphatic heterocycles. The highest BCUT2D eigenvalue weighted by atomic mass is 14.9. The van der Waals surface area contributed by atoms with E-state index < -0.39 is 0 Å². The van der Waals surface area contributed by atoms with Crippen LogP contribution in [0.25, 0.3) is 100 Å². The van der Waals surface area contributed by atoms with E-state index in [-0.39, 0.29) is 0 Å². The molecule has 0 fully saturated rings. The van der Waals surface area contributed by atoms with Gasteiger partial charge < -0.3 is 0 Å². The molecule has 0 unspecified atom stereocenters. The van der Waals surface area contributed by atoms with E-state index in [1.165, 1.54) is 55.3 Å². The van der Waals surface area contributed by atoms with Gasteiger partial charge in [-0.2, -0.15) is 0 Å². The summed E-state index contributed by atoms with van der Waals surface area (Å²) in [5, 5.41) is 2.64. The lowest BCUT2D eigenvalue weighted by molar-refractivity contribution is 1.18. The standard InChI is InChI=1S/C50H32N2/c1-3-12-33(13-4-1)34-22-28-37(29-23-34)47-32-48(52-50(51-47)38-14-5-2-6-15-38)43-19-10-7-16-39(43)35-24-26-36(27-25-35)40-30-31-46-42-18-9-8-17-41(42)45-21-11-20-44(40)49(45)46/h1-32H. The van der Waals surface area contributed by atoms with Crippen LogP contribution >= 0.6 is 0 Å². The van der Waals surface area contributed by atoms with Gasteiger partial charge in [0.15, 0.2) is 5.82 Å². The van der Waals surface area contributed by atoms with Crippen molar-refractivity contribution in [1.29, 1.82) is 0 Å². The first-order valence-corrected chi connectivity index (χ1v) is 17.7. The molecule has 0 amide bonds. The number of benzene rings is 8. The Balaban J connectivity index is 1.05. The summed E-state index contributed by atoms with van der Waals surface area (Å²) >= 11 is 0. The molecule has 0 spiro atoms. The monoisotopic (exact) mass is 660 g/mol. The van der Waals surface area contributed by atoms with Crippen molar-refractivity contribution in [1.82, 2.24) is 9.97 Å². The van der Waals surface area contributed by atoms with Crippen molar-refractivity contribution >= 4 is 10.8 Å². The van der Waals surface area contributed by atoms with Crippen LogP contribution in [0.15, 0.2) is 194 Å². The average Bonchev–Trinajstić information content (AvgIpc) is 3.56. The zero-order valence-corrected chi connectivity index (χ0v) is 28.4. The number of hydrogen-bond donors (Lipinski definition) is 0. The lowest BCUT2D eigenvalue weighted by atomic mass is 9.92. The van der Waals surface area contributed by atoms with Crippen LogP contribution in [0.5, 0.6) is 0 Å². The molecule has 2 heteroatoms. The highest BCUT2D eigenvalue weighted by Crippen LogP contribution is 2.49. The predicted molar refractivity (Wildman–Crippen MR) is 217 cm³/mol. The fourth-order valence-electron chi connectivity index (χ4n) is 7.76. The molecule has 2 nitrogen and oxygen atoms in total. The number of hydrogen-bond acceptors (Lipinski definition) is 2. The molecule has 9 aromatic rings. The minimum Gasteiger partial charge on any atom is -0.228 e. The molecular weight excluding hydrogens is 629 g/mol. The largest absolute Gasteiger partial charge is 0.228 e. The third-order valence-electron chi connectivity index (χ3n) is 10.3. The Kier molecular flexibility index (Phi) is 7.18. The van der Waals surface area contributed by atoms with E-state index in [1.54, 1.807) is 0 Å². The minimum absolute atomic E-state index is 0.708. The fraction of sp³-hybridized carbons (Fsp3) is 0. The lowest BCUT2D eigenvalue weighted by Crippen LogP contribution is -1.97. The van der Waals surface area contributed by atoms with Gasteiger partial charge in [0.1, 0.15) is 0 Å². The van der Waals surface area contributed by atoms with E-state index in [1.807, 2.05) is 24.3 Å². The summed E-state index contributed by atoms with van der Waals surface area (Å²) in [6, 6.07) is 69.1. The van der Waals surface area contributed by atoms with Gasteiger partial charge in [-0.25, -0.2) is 9.97 Å². The van der Waals surface area contributed by atoms with Crippen LogP contribution in [-0.2, 0) is 0 Å². The van der Waals surface area contributed by atoms with Crippen molar-refractivity contribution in [2.24, 2.45) is 0 Å². The van der Waals surface area contributed by atoms with E-state index in [0.717, 1.165) is 39.2 Å². The molecule has 52 heavy (non-hydrogen) atoms. The van der Waals surface area contributed by atoms with Gasteiger partial charge in [0.2, 0.25) is 0 Å². The molecule has 8 aromatic carbocycles. The summed E-state index contributed by atoms with van der Waals surface area (Å²) in [6.45, 7) is 0. The van der Waals surface area contributed by atoms with Gasteiger partial charge in [-0.1, -0.05) is 188 Å². The maximum Gasteiger partial charge on any atom is 0.160 e. The van der Waals surface area contributed by atoms with Crippen molar-refractivity contribution in [3.8, 4) is 89.5 Å². The second-order valence-corrected chi connectivity index (χ2v) is 13.3. The molecule has 242 valence electrons. The van der Waals surface area contributed by atoms with Gasteiger partial charge in [-0.15, -0.1) is 0 Å². The van der Waals surface area contributed by atoms with Crippen LogP contribution in [0.2, 0.25) is 0 Å². The van der Waals surface area contributed by atoms with Crippen LogP contribution in [0, 0.1) is 0 Å². The first kappa shape index (κ1) is 30.0. The predicted octanol–water partition coefficient (Wildman–Crippen LogP) is 13.3. The zero-order chi connectivity index (χ0) is 34.4. The maximum absolute atomic E-state index is 5.18. The van der Waals surface area contributed by atoms with Crippen LogP contribution in [0.4, 0.5) is 0 Å². The Labute approximate surface area is 303 Å². The van der Waals surface area contributed by atoms with E-state index in [2.05, 4.69) is 170 Å². The molecule has 0 bridgehead atoms. The van der Waals surface area contributed by atoms with Crippen LogP contribution in [0.3, 0.4) is 0 Å². The quantitative estimate of drug-likeness (QED) is 0.177. The smallest absolute Gasteiger partial charge is 0.160 e. The molecule has 10 rings (SSSR count). The summed E-state index contributed by atoms with van der Waals surface area (Å²) < 4.78 is 0. The van der Waals surface area contributed by atoms with Crippen molar-refractivity contribution in [3.05, 3.63) is 194 Å². The Hall–Kier alpha value is -6.90. The first-order chi connectivity index (χ1) is 25.8. The fourth-order valence-corrected chi connectivity index (χ4v) is 7.76. The molecule has 0 saturated carbocycles. The Bertz CT molecular complexity index is 2720. The summed E-state index contributed by atoms with van der Waals surface area (Å²) in [4.78, 5) is 10.3. The van der Waals surface area contributed by atoms with Crippen LogP contribution in [0.1, 0.15) is 0 Å². The van der Waals surface area contributed by atoms with Gasteiger partial charge in [0.05, 0.1) is 11.4 Å². The zero-order valence-electron chi connectivity index (χ0n) is 28.4. The lowest BCUT2D eigenvalue weighted by Gasteiger charge is -2.14. The van der Waals surface area contributed by atoms with E-state index in [9.17, 15) is 0 Å². The second-order valence-electron chi connectivity index (χ2n) is 13.3. The Morgan fingerprint density at radius 3 is 1.40 bits per heavy atom. The van der Waals surface area contributed by atoms with Gasteiger partial charge in [0.25, 0.3) is 0 Å². The van der Waals surface area contributed by atoms with Crippen LogP contribution < -0.4 is 0 Å². The van der Waals surface area contributed by atoms with Crippen LogP contribution in [-0.4, -0.2) is 9.97 Å². The molecule has 0 atom stereocenters.